The maximum Gasteiger partial charge on any atom is 0.148 e. The molecular formula is C13H23N5. The number of aromatic nitrogens is 2. The van der Waals surface area contributed by atoms with Crippen molar-refractivity contribution in [2.45, 2.75) is 52.5 Å². The van der Waals surface area contributed by atoms with Crippen LogP contribution in [0.1, 0.15) is 44.5 Å². The Morgan fingerprint density at radius 2 is 2.17 bits per heavy atom. The molecule has 1 aromatic rings. The van der Waals surface area contributed by atoms with Crippen LogP contribution in [-0.4, -0.2) is 22.6 Å². The number of hydrazine groups is 1. The Morgan fingerprint density at radius 3 is 2.78 bits per heavy atom. The lowest BCUT2D eigenvalue weighted by Gasteiger charge is -2.27. The van der Waals surface area contributed by atoms with Gasteiger partial charge in [0, 0.05) is 24.6 Å². The van der Waals surface area contributed by atoms with Crippen LogP contribution in [0.15, 0.2) is 0 Å². The van der Waals surface area contributed by atoms with Crippen molar-refractivity contribution in [2.24, 2.45) is 5.84 Å². The van der Waals surface area contributed by atoms with Gasteiger partial charge in [-0.25, -0.2) is 15.8 Å². The zero-order valence-corrected chi connectivity index (χ0v) is 11.5. The van der Waals surface area contributed by atoms with E-state index in [2.05, 4.69) is 29.2 Å². The fourth-order valence-electron chi connectivity index (χ4n) is 2.67. The van der Waals surface area contributed by atoms with Gasteiger partial charge in [0.05, 0.1) is 0 Å². The van der Waals surface area contributed by atoms with Crippen molar-refractivity contribution in [1.82, 2.24) is 9.97 Å². The lowest BCUT2D eigenvalue weighted by Crippen LogP contribution is -2.31. The zero-order valence-electron chi connectivity index (χ0n) is 11.5. The highest BCUT2D eigenvalue weighted by molar-refractivity contribution is 5.59. The van der Waals surface area contributed by atoms with Crippen molar-refractivity contribution >= 4 is 11.6 Å². The van der Waals surface area contributed by atoms with Crippen LogP contribution in [0.2, 0.25) is 0 Å². The summed E-state index contributed by atoms with van der Waals surface area (Å²) in [5.74, 6) is 8.21. The van der Waals surface area contributed by atoms with Crippen molar-refractivity contribution in [1.29, 1.82) is 0 Å². The van der Waals surface area contributed by atoms with Gasteiger partial charge in [-0.05, 0) is 26.2 Å². The van der Waals surface area contributed by atoms with E-state index in [9.17, 15) is 0 Å². The molecule has 2 rings (SSSR count). The maximum atomic E-state index is 5.55. The SMILES string of the molecule is CCc1nc(NN)c(C)c(N2CCCC2CC)n1. The molecule has 1 saturated heterocycles. The number of aryl methyl sites for hydroxylation is 1. The summed E-state index contributed by atoms with van der Waals surface area (Å²) in [6, 6.07) is 0.605. The third-order valence-corrected chi connectivity index (χ3v) is 3.74. The Labute approximate surface area is 109 Å². The highest BCUT2D eigenvalue weighted by Crippen LogP contribution is 2.30. The van der Waals surface area contributed by atoms with E-state index in [4.69, 9.17) is 10.8 Å². The number of hydrogen-bond acceptors (Lipinski definition) is 5. The monoisotopic (exact) mass is 249 g/mol. The second-order valence-electron chi connectivity index (χ2n) is 4.83. The molecular weight excluding hydrogens is 226 g/mol. The molecule has 0 bridgehead atoms. The lowest BCUT2D eigenvalue weighted by molar-refractivity contribution is 0.637. The Morgan fingerprint density at radius 1 is 1.39 bits per heavy atom. The van der Waals surface area contributed by atoms with E-state index in [-0.39, 0.29) is 0 Å². The number of nitrogen functional groups attached to an aromatic ring is 1. The van der Waals surface area contributed by atoms with Crippen LogP contribution >= 0.6 is 0 Å². The average Bonchev–Trinajstić information content (AvgIpc) is 2.87. The van der Waals surface area contributed by atoms with Gasteiger partial charge in [-0.2, -0.15) is 0 Å². The van der Waals surface area contributed by atoms with Gasteiger partial charge in [-0.3, -0.25) is 0 Å². The fraction of sp³-hybridized carbons (Fsp3) is 0.692. The maximum absolute atomic E-state index is 5.55. The van der Waals surface area contributed by atoms with Crippen molar-refractivity contribution in [2.75, 3.05) is 16.9 Å². The van der Waals surface area contributed by atoms with Crippen LogP contribution in [0, 0.1) is 6.92 Å². The van der Waals surface area contributed by atoms with Crippen molar-refractivity contribution in [3.8, 4) is 0 Å². The Balaban J connectivity index is 2.42. The van der Waals surface area contributed by atoms with E-state index in [1.807, 2.05) is 6.92 Å². The Kier molecular flexibility index (Phi) is 4.01. The van der Waals surface area contributed by atoms with E-state index in [1.165, 1.54) is 12.8 Å². The first-order valence-corrected chi connectivity index (χ1v) is 6.82. The van der Waals surface area contributed by atoms with Crippen molar-refractivity contribution < 1.29 is 0 Å². The minimum Gasteiger partial charge on any atom is -0.353 e. The second-order valence-corrected chi connectivity index (χ2v) is 4.83. The molecule has 0 saturated carbocycles. The van der Waals surface area contributed by atoms with Gasteiger partial charge >= 0.3 is 0 Å². The number of nitrogens with zero attached hydrogens (tertiary/aromatic N) is 3. The Hall–Kier alpha value is -1.36. The predicted octanol–water partition coefficient (Wildman–Crippen LogP) is 2.01. The lowest BCUT2D eigenvalue weighted by atomic mass is 10.1. The summed E-state index contributed by atoms with van der Waals surface area (Å²) in [5.41, 5.74) is 3.74. The summed E-state index contributed by atoms with van der Waals surface area (Å²) >= 11 is 0. The third-order valence-electron chi connectivity index (χ3n) is 3.74. The summed E-state index contributed by atoms with van der Waals surface area (Å²) in [6.07, 6.45) is 4.49. The molecule has 1 atom stereocenters. The van der Waals surface area contributed by atoms with Gasteiger partial charge in [0.25, 0.3) is 0 Å². The quantitative estimate of drug-likeness (QED) is 0.631. The largest absolute Gasteiger partial charge is 0.353 e. The smallest absolute Gasteiger partial charge is 0.148 e. The highest BCUT2D eigenvalue weighted by Gasteiger charge is 2.26. The normalized spacial score (nSPS) is 19.3. The third kappa shape index (κ3) is 2.27. The highest BCUT2D eigenvalue weighted by atomic mass is 15.3. The fourth-order valence-corrected chi connectivity index (χ4v) is 2.67. The molecule has 0 aromatic carbocycles. The first kappa shape index (κ1) is 13.1. The van der Waals surface area contributed by atoms with Gasteiger partial charge in [-0.1, -0.05) is 13.8 Å². The average molecular weight is 249 g/mol. The molecule has 18 heavy (non-hydrogen) atoms. The number of nitrogens with one attached hydrogen (secondary N) is 1. The molecule has 3 N–H and O–H groups in total. The van der Waals surface area contributed by atoms with Crippen molar-refractivity contribution in [3.05, 3.63) is 11.4 Å². The molecule has 0 radical (unpaired) electrons. The van der Waals surface area contributed by atoms with Crippen molar-refractivity contribution in [3.63, 3.8) is 0 Å². The van der Waals surface area contributed by atoms with Gasteiger partial charge in [0.2, 0.25) is 0 Å². The number of anilines is 2. The summed E-state index contributed by atoms with van der Waals surface area (Å²) < 4.78 is 0. The molecule has 1 aromatic heterocycles. The molecule has 0 aliphatic carbocycles. The summed E-state index contributed by atoms with van der Waals surface area (Å²) in [7, 11) is 0. The molecule has 5 heteroatoms. The standard InChI is InChI=1S/C13H23N5/c1-4-10-7-6-8-18(10)13-9(3)12(17-14)15-11(5-2)16-13/h10H,4-8,14H2,1-3H3,(H,15,16,17). The number of rotatable bonds is 4. The van der Waals surface area contributed by atoms with Gasteiger partial charge in [0.15, 0.2) is 0 Å². The number of nitrogens with two attached hydrogens (primary N) is 1. The van der Waals surface area contributed by atoms with Gasteiger partial charge < -0.3 is 10.3 Å². The minimum absolute atomic E-state index is 0.605. The van der Waals surface area contributed by atoms with Gasteiger partial charge in [-0.15, -0.1) is 0 Å². The van der Waals surface area contributed by atoms with E-state index in [0.29, 0.717) is 6.04 Å². The van der Waals surface area contributed by atoms with Crippen LogP contribution < -0.4 is 16.2 Å². The number of hydrogen-bond donors (Lipinski definition) is 2. The molecule has 1 unspecified atom stereocenters. The Bertz CT molecular complexity index is 418. The first-order chi connectivity index (χ1) is 8.71. The summed E-state index contributed by atoms with van der Waals surface area (Å²) in [5, 5.41) is 0. The molecule has 2 heterocycles. The summed E-state index contributed by atoms with van der Waals surface area (Å²) in [6.45, 7) is 7.43. The molecule has 100 valence electrons. The van der Waals surface area contributed by atoms with E-state index in [0.717, 1.165) is 42.4 Å². The topological polar surface area (TPSA) is 67.1 Å². The van der Waals surface area contributed by atoms with E-state index >= 15 is 0 Å². The molecule has 1 fully saturated rings. The zero-order chi connectivity index (χ0) is 13.1. The predicted molar refractivity (Wildman–Crippen MR) is 74.6 cm³/mol. The van der Waals surface area contributed by atoms with Crippen LogP contribution in [0.25, 0.3) is 0 Å². The minimum atomic E-state index is 0.605. The molecule has 1 aliphatic heterocycles. The van der Waals surface area contributed by atoms with E-state index < -0.39 is 0 Å². The molecule has 0 spiro atoms. The molecule has 5 nitrogen and oxygen atoms in total. The van der Waals surface area contributed by atoms with Crippen LogP contribution in [-0.2, 0) is 6.42 Å². The summed E-state index contributed by atoms with van der Waals surface area (Å²) in [4.78, 5) is 11.5. The molecule has 0 amide bonds. The molecule has 1 aliphatic rings. The first-order valence-electron chi connectivity index (χ1n) is 6.82. The van der Waals surface area contributed by atoms with Gasteiger partial charge in [0.1, 0.15) is 17.5 Å². The van der Waals surface area contributed by atoms with Crippen LogP contribution in [0.4, 0.5) is 11.6 Å². The van der Waals surface area contributed by atoms with Crippen LogP contribution in [0.3, 0.4) is 0 Å². The second kappa shape index (κ2) is 5.52. The van der Waals surface area contributed by atoms with E-state index in [1.54, 1.807) is 0 Å². The van der Waals surface area contributed by atoms with Crippen LogP contribution in [0.5, 0.6) is 0 Å².